The highest BCUT2D eigenvalue weighted by atomic mass is 32.2. The fraction of sp³-hybridized carbons (Fsp3) is 0.630. The lowest BCUT2D eigenvalue weighted by molar-refractivity contribution is -0.118. The van der Waals surface area contributed by atoms with Crippen molar-refractivity contribution in [3.05, 3.63) is 39.8 Å². The van der Waals surface area contributed by atoms with Gasteiger partial charge in [-0.05, 0) is 83.9 Å². The Morgan fingerprint density at radius 3 is 2.58 bits per heavy atom. The van der Waals surface area contributed by atoms with Crippen molar-refractivity contribution in [1.29, 1.82) is 0 Å². The maximum Gasteiger partial charge on any atom is 0.264 e. The highest BCUT2D eigenvalue weighted by Crippen LogP contribution is 2.52. The van der Waals surface area contributed by atoms with E-state index >= 15 is 0 Å². The number of hydrogen-bond acceptors (Lipinski definition) is 7. The number of allylic oxidation sites excluding steroid dienone is 2. The molecule has 0 spiro atoms. The van der Waals surface area contributed by atoms with Crippen molar-refractivity contribution in [3.63, 3.8) is 0 Å². The largest absolute Gasteiger partial charge is 0.483 e. The van der Waals surface area contributed by atoms with Crippen LogP contribution in [-0.2, 0) is 10.2 Å². The van der Waals surface area contributed by atoms with Gasteiger partial charge in [0.25, 0.3) is 5.91 Å². The van der Waals surface area contributed by atoms with Crippen molar-refractivity contribution in [3.8, 4) is 5.75 Å². The van der Waals surface area contributed by atoms with E-state index in [4.69, 9.17) is 4.74 Å². The van der Waals surface area contributed by atoms with E-state index in [2.05, 4.69) is 79.6 Å². The van der Waals surface area contributed by atoms with Gasteiger partial charge in [0.05, 0.1) is 6.10 Å². The Labute approximate surface area is 219 Å². The zero-order valence-electron chi connectivity index (χ0n) is 22.6. The number of benzene rings is 1. The van der Waals surface area contributed by atoms with Gasteiger partial charge in [-0.25, -0.2) is 5.10 Å². The summed E-state index contributed by atoms with van der Waals surface area (Å²) in [6.45, 7) is 15.0. The van der Waals surface area contributed by atoms with Gasteiger partial charge in [0.15, 0.2) is 6.61 Å². The zero-order valence-corrected chi connectivity index (χ0v) is 23.5. The first-order valence-corrected chi connectivity index (χ1v) is 13.7. The van der Waals surface area contributed by atoms with Crippen LogP contribution in [0.25, 0.3) is 0 Å². The van der Waals surface area contributed by atoms with E-state index in [1.165, 1.54) is 16.0 Å². The van der Waals surface area contributed by atoms with Crippen molar-refractivity contribution >= 4 is 23.6 Å². The number of hydrogen-bond donors (Lipinski definition) is 3. The second kappa shape index (κ2) is 11.8. The number of nitrogens with one attached hydrogen (secondary N) is 2. The number of aliphatic hydroxyl groups excluding tert-OH is 1. The summed E-state index contributed by atoms with van der Waals surface area (Å²) in [5.41, 5.74) is 3.73. The summed E-state index contributed by atoms with van der Waals surface area (Å²) < 4.78 is 5.79. The molecule has 9 heteroatoms. The van der Waals surface area contributed by atoms with Crippen LogP contribution in [0, 0.1) is 12.3 Å². The van der Waals surface area contributed by atoms with Crippen LogP contribution >= 0.6 is 11.8 Å². The molecule has 36 heavy (non-hydrogen) atoms. The number of anilines is 1. The van der Waals surface area contributed by atoms with Gasteiger partial charge in [0.2, 0.25) is 5.95 Å². The molecule has 0 aliphatic carbocycles. The number of H-pyrrole nitrogens is 1. The van der Waals surface area contributed by atoms with E-state index in [9.17, 15) is 9.90 Å². The third-order valence-corrected chi connectivity index (χ3v) is 9.23. The molecule has 198 valence electrons. The number of ether oxygens (including phenoxy) is 1. The van der Waals surface area contributed by atoms with E-state index in [1.807, 2.05) is 24.8 Å². The molecular formula is C27H41N5O3S. The van der Waals surface area contributed by atoms with Crippen molar-refractivity contribution in [2.24, 2.45) is 5.41 Å². The summed E-state index contributed by atoms with van der Waals surface area (Å²) in [6.07, 6.45) is 4.59. The normalized spacial score (nSPS) is 17.4. The SMILES string of the molecule is CCC(CC)(c1ccc(OCC(=O)Nc2nnn[nH]2)c(C)c1)C1CC(C)=C(CCC(O)C(C)(C)C)S1. The Morgan fingerprint density at radius 2 is 2.00 bits per heavy atom. The smallest absolute Gasteiger partial charge is 0.264 e. The van der Waals surface area contributed by atoms with Crippen LogP contribution in [0.3, 0.4) is 0 Å². The van der Waals surface area contributed by atoms with Gasteiger partial charge < -0.3 is 9.84 Å². The fourth-order valence-corrected chi connectivity index (χ4v) is 6.82. The van der Waals surface area contributed by atoms with Crippen molar-refractivity contribution in [1.82, 2.24) is 20.6 Å². The predicted molar refractivity (Wildman–Crippen MR) is 145 cm³/mol. The molecule has 8 nitrogen and oxygen atoms in total. The number of aromatic amines is 1. The van der Waals surface area contributed by atoms with Gasteiger partial charge in [0, 0.05) is 10.7 Å². The number of aliphatic hydroxyl groups is 1. The minimum absolute atomic E-state index is 0.0380. The Balaban J connectivity index is 1.69. The molecule has 3 N–H and O–H groups in total. The summed E-state index contributed by atoms with van der Waals surface area (Å²) in [5, 5.41) is 26.6. The number of nitrogens with zero attached hydrogens (tertiary/aromatic N) is 3. The van der Waals surface area contributed by atoms with E-state index in [0.717, 1.165) is 37.7 Å². The number of carbonyl (C=O) groups is 1. The molecule has 2 aromatic rings. The molecule has 3 rings (SSSR count). The van der Waals surface area contributed by atoms with Crippen molar-refractivity contribution in [2.45, 2.75) is 97.3 Å². The molecule has 0 radical (unpaired) electrons. The number of amides is 1. The third-order valence-electron chi connectivity index (χ3n) is 7.49. The average Bonchev–Trinajstić information content (AvgIpc) is 3.47. The average molecular weight is 516 g/mol. The Hall–Kier alpha value is -2.39. The van der Waals surface area contributed by atoms with Gasteiger partial charge in [-0.15, -0.1) is 11.8 Å². The van der Waals surface area contributed by atoms with Crippen LogP contribution < -0.4 is 10.1 Å². The Bertz CT molecular complexity index is 1060. The molecule has 1 aliphatic heterocycles. The standard InChI is InChI=1S/C27H41N5O3S/c1-8-27(9-2,23-15-18(4)21(36-23)12-13-22(33)26(5,6)7)19-10-11-20(17(3)14-19)35-16-24(34)28-25-29-31-32-30-25/h10-11,14,22-23,33H,8-9,12-13,15-16H2,1-7H3,(H2,28,29,30,31,32,34). The summed E-state index contributed by atoms with van der Waals surface area (Å²) in [6, 6.07) is 6.36. The quantitative estimate of drug-likeness (QED) is 0.359. The first-order chi connectivity index (χ1) is 17.0. The predicted octanol–water partition coefficient (Wildman–Crippen LogP) is 5.55. The summed E-state index contributed by atoms with van der Waals surface area (Å²) in [5.74, 6) is 0.550. The lowest BCUT2D eigenvalue weighted by Crippen LogP contribution is -2.35. The highest BCUT2D eigenvalue weighted by Gasteiger charge is 2.41. The highest BCUT2D eigenvalue weighted by molar-refractivity contribution is 8.04. The number of aryl methyl sites for hydroxylation is 1. The lowest BCUT2D eigenvalue weighted by Gasteiger charge is -2.39. The molecule has 1 aliphatic rings. The van der Waals surface area contributed by atoms with Crippen LogP contribution in [0.2, 0.25) is 0 Å². The number of carbonyl (C=O) groups excluding carboxylic acids is 1. The molecule has 1 aromatic heterocycles. The molecule has 2 atom stereocenters. The first kappa shape index (κ1) is 28.2. The van der Waals surface area contributed by atoms with Gasteiger partial charge >= 0.3 is 0 Å². The van der Waals surface area contributed by atoms with Crippen molar-refractivity contribution < 1.29 is 14.6 Å². The lowest BCUT2D eigenvalue weighted by atomic mass is 9.71. The van der Waals surface area contributed by atoms with Gasteiger partial charge in [-0.2, -0.15) is 0 Å². The van der Waals surface area contributed by atoms with Crippen LogP contribution in [0.1, 0.15) is 84.8 Å². The zero-order chi connectivity index (χ0) is 26.5. The molecule has 0 saturated heterocycles. The topological polar surface area (TPSA) is 113 Å². The molecule has 2 unspecified atom stereocenters. The maximum absolute atomic E-state index is 12.1. The monoisotopic (exact) mass is 515 g/mol. The maximum atomic E-state index is 12.1. The molecule has 1 aromatic carbocycles. The van der Waals surface area contributed by atoms with E-state index < -0.39 is 0 Å². The molecule has 0 bridgehead atoms. The number of tetrazole rings is 1. The third kappa shape index (κ3) is 6.48. The summed E-state index contributed by atoms with van der Waals surface area (Å²) in [4.78, 5) is 13.6. The van der Waals surface area contributed by atoms with E-state index in [1.54, 1.807) is 0 Å². The minimum atomic E-state index is -0.332. The van der Waals surface area contributed by atoms with Crippen LogP contribution in [0.4, 0.5) is 5.95 Å². The number of thioether (sulfide) groups is 1. The molecular weight excluding hydrogens is 474 g/mol. The van der Waals surface area contributed by atoms with Crippen LogP contribution in [0.5, 0.6) is 5.75 Å². The number of aromatic nitrogens is 4. The van der Waals surface area contributed by atoms with E-state index in [-0.39, 0.29) is 35.4 Å². The van der Waals surface area contributed by atoms with Crippen LogP contribution in [-0.4, -0.2) is 49.6 Å². The second-order valence-corrected chi connectivity index (χ2v) is 12.2. The van der Waals surface area contributed by atoms with Crippen LogP contribution in [0.15, 0.2) is 28.7 Å². The number of rotatable bonds is 11. The van der Waals surface area contributed by atoms with Gasteiger partial charge in [-0.3, -0.25) is 10.1 Å². The molecule has 0 fully saturated rings. The molecule has 1 amide bonds. The summed E-state index contributed by atoms with van der Waals surface area (Å²) >= 11 is 2.01. The first-order valence-electron chi connectivity index (χ1n) is 12.8. The molecule has 0 saturated carbocycles. The van der Waals surface area contributed by atoms with Gasteiger partial charge in [0.1, 0.15) is 5.75 Å². The Kier molecular flexibility index (Phi) is 9.22. The van der Waals surface area contributed by atoms with Crippen molar-refractivity contribution in [2.75, 3.05) is 11.9 Å². The fourth-order valence-electron chi connectivity index (χ4n) is 4.93. The van der Waals surface area contributed by atoms with E-state index in [0.29, 0.717) is 11.0 Å². The summed E-state index contributed by atoms with van der Waals surface area (Å²) in [7, 11) is 0. The molecule has 2 heterocycles. The second-order valence-electron chi connectivity index (χ2n) is 10.9. The van der Waals surface area contributed by atoms with Gasteiger partial charge in [-0.1, -0.05) is 57.4 Å². The minimum Gasteiger partial charge on any atom is -0.483 e. The Morgan fingerprint density at radius 1 is 1.28 bits per heavy atom.